The first-order valence-electron chi connectivity index (χ1n) is 6.38. The normalized spacial score (nSPS) is 11.2. The second kappa shape index (κ2) is 6.06. The molecule has 5 heteroatoms. The number of alkyl halides is 1. The highest BCUT2D eigenvalue weighted by Gasteiger charge is 2.12. The molecule has 102 valence electrons. The third-order valence-electron chi connectivity index (χ3n) is 2.86. The summed E-state index contributed by atoms with van der Waals surface area (Å²) in [6.45, 7) is 5.07. The molecule has 19 heavy (non-hydrogen) atoms. The van der Waals surface area contributed by atoms with Crippen LogP contribution < -0.4 is 5.32 Å². The van der Waals surface area contributed by atoms with Crippen molar-refractivity contribution in [2.45, 2.75) is 26.3 Å². The van der Waals surface area contributed by atoms with Gasteiger partial charge in [-0.1, -0.05) is 26.0 Å². The van der Waals surface area contributed by atoms with Gasteiger partial charge in [0.25, 0.3) is 0 Å². The zero-order valence-electron chi connectivity index (χ0n) is 11.2. The fraction of sp³-hybridized carbons (Fsp3) is 0.429. The Hall–Kier alpha value is -1.55. The van der Waals surface area contributed by atoms with Crippen LogP contribution >= 0.6 is 11.6 Å². The summed E-state index contributed by atoms with van der Waals surface area (Å²) >= 11 is 5.90. The van der Waals surface area contributed by atoms with Crippen LogP contribution in [0, 0.1) is 5.92 Å². The number of nitrogens with zero attached hydrogens (tertiary/aromatic N) is 2. The Kier molecular flexibility index (Phi) is 4.43. The van der Waals surface area contributed by atoms with Crippen LogP contribution in [0.3, 0.4) is 0 Å². The van der Waals surface area contributed by atoms with Crippen molar-refractivity contribution >= 4 is 28.5 Å². The second-order valence-electron chi connectivity index (χ2n) is 4.93. The molecule has 0 unspecified atom stereocenters. The van der Waals surface area contributed by atoms with Gasteiger partial charge in [0, 0.05) is 6.54 Å². The van der Waals surface area contributed by atoms with Crippen LogP contribution in [0.5, 0.6) is 0 Å². The zero-order chi connectivity index (χ0) is 13.8. The van der Waals surface area contributed by atoms with Gasteiger partial charge in [-0.15, -0.1) is 11.6 Å². The van der Waals surface area contributed by atoms with E-state index in [9.17, 15) is 4.79 Å². The number of aromatic nitrogens is 2. The van der Waals surface area contributed by atoms with Crippen LogP contribution in [0.4, 0.5) is 0 Å². The Bertz CT molecular complexity index is 577. The first-order valence-corrected chi connectivity index (χ1v) is 6.92. The number of benzene rings is 1. The summed E-state index contributed by atoms with van der Waals surface area (Å²) in [7, 11) is 0. The molecule has 1 aromatic carbocycles. The summed E-state index contributed by atoms with van der Waals surface area (Å²) in [5.74, 6) is 1.45. The molecule has 2 aromatic rings. The molecule has 0 fully saturated rings. The number of carbonyl (C=O) groups is 1. The molecule has 4 nitrogen and oxygen atoms in total. The molecule has 0 aliphatic heterocycles. The Morgan fingerprint density at radius 3 is 2.84 bits per heavy atom. The van der Waals surface area contributed by atoms with Gasteiger partial charge in [-0.05, 0) is 18.1 Å². The van der Waals surface area contributed by atoms with Gasteiger partial charge in [-0.2, -0.15) is 0 Å². The molecule has 0 aliphatic carbocycles. The third kappa shape index (κ3) is 3.26. The van der Waals surface area contributed by atoms with Gasteiger partial charge < -0.3 is 9.88 Å². The maximum absolute atomic E-state index is 11.9. The van der Waals surface area contributed by atoms with Crippen molar-refractivity contribution < 1.29 is 4.79 Å². The highest BCUT2D eigenvalue weighted by molar-refractivity contribution is 6.16. The molecule has 0 radical (unpaired) electrons. The first-order chi connectivity index (χ1) is 9.11. The zero-order valence-corrected chi connectivity index (χ0v) is 11.9. The molecule has 0 atom stereocenters. The molecule has 0 aliphatic rings. The van der Waals surface area contributed by atoms with E-state index in [1.807, 2.05) is 28.8 Å². The lowest BCUT2D eigenvalue weighted by Gasteiger charge is -2.10. The number of fused-ring (bicyclic) bond motifs is 1. The van der Waals surface area contributed by atoms with Crippen molar-refractivity contribution in [1.29, 1.82) is 0 Å². The molecule has 0 spiro atoms. The minimum atomic E-state index is -0.0109. The van der Waals surface area contributed by atoms with Gasteiger partial charge in [0.2, 0.25) is 5.91 Å². The first kappa shape index (κ1) is 13.9. The number of halogens is 1. The lowest BCUT2D eigenvalue weighted by molar-refractivity contribution is -0.121. The smallest absolute Gasteiger partial charge is 0.240 e. The van der Waals surface area contributed by atoms with Crippen molar-refractivity contribution in [2.75, 3.05) is 6.54 Å². The Labute approximate surface area is 117 Å². The van der Waals surface area contributed by atoms with E-state index in [-0.39, 0.29) is 12.5 Å². The van der Waals surface area contributed by atoms with Crippen molar-refractivity contribution in [1.82, 2.24) is 14.9 Å². The summed E-state index contributed by atoms with van der Waals surface area (Å²) in [6, 6.07) is 7.74. The number of nitrogens with one attached hydrogen (secondary N) is 1. The van der Waals surface area contributed by atoms with Crippen LogP contribution in [0.2, 0.25) is 0 Å². The lowest BCUT2D eigenvalue weighted by Crippen LogP contribution is -2.31. The summed E-state index contributed by atoms with van der Waals surface area (Å²) in [5, 5.41) is 2.91. The number of imidazole rings is 1. The highest BCUT2D eigenvalue weighted by Crippen LogP contribution is 2.17. The maximum Gasteiger partial charge on any atom is 0.240 e. The second-order valence-corrected chi connectivity index (χ2v) is 5.20. The van der Waals surface area contributed by atoms with E-state index in [1.54, 1.807) is 0 Å². The van der Waals surface area contributed by atoms with E-state index >= 15 is 0 Å². The summed E-state index contributed by atoms with van der Waals surface area (Å²) < 4.78 is 1.87. The van der Waals surface area contributed by atoms with Crippen molar-refractivity contribution in [3.63, 3.8) is 0 Å². The van der Waals surface area contributed by atoms with Crippen molar-refractivity contribution in [2.24, 2.45) is 5.92 Å². The fourth-order valence-corrected chi connectivity index (χ4v) is 2.13. The number of amides is 1. The minimum absolute atomic E-state index is 0.0109. The van der Waals surface area contributed by atoms with E-state index in [0.29, 0.717) is 18.3 Å². The van der Waals surface area contributed by atoms with Crippen LogP contribution in [-0.2, 0) is 17.2 Å². The van der Waals surface area contributed by atoms with Crippen LogP contribution in [-0.4, -0.2) is 22.0 Å². The fourth-order valence-electron chi connectivity index (χ4n) is 1.92. The summed E-state index contributed by atoms with van der Waals surface area (Å²) in [4.78, 5) is 16.4. The molecule has 1 amide bonds. The van der Waals surface area contributed by atoms with Crippen molar-refractivity contribution in [3.05, 3.63) is 30.1 Å². The lowest BCUT2D eigenvalue weighted by atomic mass is 10.2. The number of carbonyl (C=O) groups excluding carboxylic acids is 1. The van der Waals surface area contributed by atoms with Crippen molar-refractivity contribution in [3.8, 4) is 0 Å². The molecule has 0 saturated heterocycles. The standard InChI is InChI=1S/C14H18ClN3O/c1-10(2)8-16-14(19)9-18-12-6-4-3-5-11(12)17-13(18)7-15/h3-6,10H,7-9H2,1-2H3,(H,16,19). The minimum Gasteiger partial charge on any atom is -0.354 e. The Morgan fingerprint density at radius 1 is 1.42 bits per heavy atom. The van der Waals surface area contributed by atoms with Gasteiger partial charge in [0.15, 0.2) is 0 Å². The number of hydrogen-bond acceptors (Lipinski definition) is 2. The average molecular weight is 280 g/mol. The molecule has 1 aromatic heterocycles. The van der Waals surface area contributed by atoms with E-state index < -0.39 is 0 Å². The number of para-hydroxylation sites is 2. The Balaban J connectivity index is 2.21. The maximum atomic E-state index is 11.9. The van der Waals surface area contributed by atoms with E-state index in [0.717, 1.165) is 16.9 Å². The molecule has 0 saturated carbocycles. The predicted octanol–water partition coefficient (Wildman–Crippen LogP) is 2.55. The van der Waals surface area contributed by atoms with Crippen LogP contribution in [0.25, 0.3) is 11.0 Å². The van der Waals surface area contributed by atoms with Crippen LogP contribution in [0.15, 0.2) is 24.3 Å². The van der Waals surface area contributed by atoms with E-state index in [4.69, 9.17) is 11.6 Å². The third-order valence-corrected chi connectivity index (χ3v) is 3.10. The number of rotatable bonds is 5. The summed E-state index contributed by atoms with van der Waals surface area (Å²) in [5.41, 5.74) is 1.81. The topological polar surface area (TPSA) is 46.9 Å². The van der Waals surface area contributed by atoms with Gasteiger partial charge in [-0.25, -0.2) is 4.98 Å². The molecule has 1 N–H and O–H groups in total. The Morgan fingerprint density at radius 2 is 2.16 bits per heavy atom. The number of hydrogen-bond donors (Lipinski definition) is 1. The quantitative estimate of drug-likeness (QED) is 0.855. The molecule has 0 bridgehead atoms. The molecule has 2 rings (SSSR count). The van der Waals surface area contributed by atoms with Gasteiger partial charge in [-0.3, -0.25) is 4.79 Å². The van der Waals surface area contributed by atoms with Gasteiger partial charge >= 0.3 is 0 Å². The SMILES string of the molecule is CC(C)CNC(=O)Cn1c(CCl)nc2ccccc21. The van der Waals surface area contributed by atoms with Crippen LogP contribution in [0.1, 0.15) is 19.7 Å². The van der Waals surface area contributed by atoms with E-state index in [1.165, 1.54) is 0 Å². The summed E-state index contributed by atoms with van der Waals surface area (Å²) in [6.07, 6.45) is 0. The largest absolute Gasteiger partial charge is 0.354 e. The van der Waals surface area contributed by atoms with Gasteiger partial charge in [0.05, 0.1) is 16.9 Å². The average Bonchev–Trinajstić information content (AvgIpc) is 2.75. The highest BCUT2D eigenvalue weighted by atomic mass is 35.5. The molecular weight excluding hydrogens is 262 g/mol. The predicted molar refractivity (Wildman–Crippen MR) is 77.1 cm³/mol. The monoisotopic (exact) mass is 279 g/mol. The molecular formula is C14H18ClN3O. The molecule has 1 heterocycles. The van der Waals surface area contributed by atoms with Gasteiger partial charge in [0.1, 0.15) is 12.4 Å². The van der Waals surface area contributed by atoms with E-state index in [2.05, 4.69) is 24.1 Å².